The molecule has 1 aromatic rings. The van der Waals surface area contributed by atoms with Gasteiger partial charge in [-0.1, -0.05) is 13.0 Å². The molecule has 0 aliphatic heterocycles. The second-order valence-corrected chi connectivity index (χ2v) is 5.12. The lowest BCUT2D eigenvalue weighted by atomic mass is 10.0. The minimum Gasteiger partial charge on any atom is -0.497 e. The molecule has 90 valence electrons. The van der Waals surface area contributed by atoms with Gasteiger partial charge in [0.25, 0.3) is 0 Å². The minimum atomic E-state index is -0.357. The zero-order chi connectivity index (χ0) is 12.0. The van der Waals surface area contributed by atoms with Gasteiger partial charge in [-0.3, -0.25) is 0 Å². The lowest BCUT2D eigenvalue weighted by molar-refractivity contribution is 0.174. The highest BCUT2D eigenvalue weighted by Crippen LogP contribution is 2.25. The fourth-order valence-electron chi connectivity index (χ4n) is 1.64. The lowest BCUT2D eigenvalue weighted by Crippen LogP contribution is -2.02. The van der Waals surface area contributed by atoms with Gasteiger partial charge in [-0.05, 0) is 48.1 Å². The Morgan fingerprint density at radius 3 is 2.75 bits per heavy atom. The van der Waals surface area contributed by atoms with E-state index in [0.29, 0.717) is 0 Å². The number of hydrogen-bond acceptors (Lipinski definition) is 3. The van der Waals surface area contributed by atoms with E-state index in [1.807, 2.05) is 36.9 Å². The number of rotatable bonds is 6. The fourth-order valence-corrected chi connectivity index (χ4v) is 2.32. The Morgan fingerprint density at radius 2 is 2.19 bits per heavy atom. The Balaban J connectivity index is 2.64. The van der Waals surface area contributed by atoms with Crippen molar-refractivity contribution in [3.8, 4) is 5.75 Å². The van der Waals surface area contributed by atoms with Crippen molar-refractivity contribution in [1.29, 1.82) is 0 Å². The summed E-state index contributed by atoms with van der Waals surface area (Å²) in [5.41, 5.74) is 2.10. The van der Waals surface area contributed by atoms with Crippen LogP contribution in [-0.4, -0.2) is 23.7 Å². The van der Waals surface area contributed by atoms with Crippen molar-refractivity contribution < 1.29 is 9.84 Å². The van der Waals surface area contributed by atoms with E-state index in [0.717, 1.165) is 34.8 Å². The number of methoxy groups -OCH3 is 1. The van der Waals surface area contributed by atoms with Crippen molar-refractivity contribution in [3.05, 3.63) is 29.3 Å². The molecule has 1 unspecified atom stereocenters. The molecule has 0 radical (unpaired) electrons. The Bertz CT molecular complexity index is 326. The van der Waals surface area contributed by atoms with E-state index >= 15 is 0 Å². The molecule has 0 amide bonds. The molecule has 0 fully saturated rings. The number of ether oxygens (including phenoxy) is 1. The Morgan fingerprint density at radius 1 is 1.44 bits per heavy atom. The van der Waals surface area contributed by atoms with Crippen molar-refractivity contribution in [2.45, 2.75) is 26.4 Å². The normalized spacial score (nSPS) is 12.5. The van der Waals surface area contributed by atoms with Gasteiger partial charge in [0.2, 0.25) is 0 Å². The zero-order valence-corrected chi connectivity index (χ0v) is 11.0. The average molecular weight is 240 g/mol. The fraction of sp³-hybridized carbons (Fsp3) is 0.538. The highest BCUT2D eigenvalue weighted by Gasteiger charge is 2.10. The van der Waals surface area contributed by atoms with Gasteiger partial charge in [-0.25, -0.2) is 0 Å². The van der Waals surface area contributed by atoms with Gasteiger partial charge in [0, 0.05) is 0 Å². The summed E-state index contributed by atoms with van der Waals surface area (Å²) >= 11 is 1.86. The van der Waals surface area contributed by atoms with Crippen molar-refractivity contribution >= 4 is 11.8 Å². The molecule has 1 N–H and O–H groups in total. The third-order valence-electron chi connectivity index (χ3n) is 2.58. The van der Waals surface area contributed by atoms with E-state index < -0.39 is 0 Å². The maximum Gasteiger partial charge on any atom is 0.119 e. The lowest BCUT2D eigenvalue weighted by Gasteiger charge is -2.14. The van der Waals surface area contributed by atoms with Crippen molar-refractivity contribution in [1.82, 2.24) is 0 Å². The molecular weight excluding hydrogens is 220 g/mol. The maximum absolute atomic E-state index is 10.0. The number of thioether (sulfide) groups is 1. The highest BCUT2D eigenvalue weighted by atomic mass is 32.2. The smallest absolute Gasteiger partial charge is 0.119 e. The van der Waals surface area contributed by atoms with E-state index in [2.05, 4.69) is 6.92 Å². The maximum atomic E-state index is 10.0. The first kappa shape index (κ1) is 13.4. The largest absolute Gasteiger partial charge is 0.497 e. The standard InChI is InChI=1S/C13H20O2S/c1-4-16-8-7-13(14)12-6-5-11(15-3)9-10(12)2/h5-6,9,13-14H,4,7-8H2,1-3H3. The number of aliphatic hydroxyl groups is 1. The van der Waals surface area contributed by atoms with Gasteiger partial charge in [0.05, 0.1) is 13.2 Å². The zero-order valence-electron chi connectivity index (χ0n) is 10.2. The molecule has 1 aromatic carbocycles. The first-order valence-electron chi connectivity index (χ1n) is 5.59. The third kappa shape index (κ3) is 3.72. The van der Waals surface area contributed by atoms with E-state index in [-0.39, 0.29) is 6.10 Å². The summed E-state index contributed by atoms with van der Waals surface area (Å²) in [5.74, 6) is 2.95. The van der Waals surface area contributed by atoms with Crippen LogP contribution in [0.1, 0.15) is 30.6 Å². The summed E-state index contributed by atoms with van der Waals surface area (Å²) < 4.78 is 5.14. The van der Waals surface area contributed by atoms with Crippen LogP contribution in [0.5, 0.6) is 5.75 Å². The Labute approximate surface area is 102 Å². The second-order valence-electron chi connectivity index (χ2n) is 3.72. The van der Waals surface area contributed by atoms with Crippen molar-refractivity contribution in [2.75, 3.05) is 18.6 Å². The van der Waals surface area contributed by atoms with E-state index in [1.54, 1.807) is 7.11 Å². The summed E-state index contributed by atoms with van der Waals surface area (Å²) in [6.07, 6.45) is 0.455. The topological polar surface area (TPSA) is 29.5 Å². The van der Waals surface area contributed by atoms with Crippen molar-refractivity contribution in [3.63, 3.8) is 0 Å². The molecule has 0 saturated carbocycles. The predicted octanol–water partition coefficient (Wildman–Crippen LogP) is 3.18. The minimum absolute atomic E-state index is 0.357. The summed E-state index contributed by atoms with van der Waals surface area (Å²) in [6.45, 7) is 4.14. The number of aryl methyl sites for hydroxylation is 1. The number of aliphatic hydroxyl groups excluding tert-OH is 1. The molecule has 0 aromatic heterocycles. The van der Waals surface area contributed by atoms with Crippen LogP contribution in [0.25, 0.3) is 0 Å². The molecule has 0 spiro atoms. The van der Waals surface area contributed by atoms with Crippen LogP contribution < -0.4 is 4.74 Å². The summed E-state index contributed by atoms with van der Waals surface area (Å²) in [7, 11) is 1.66. The summed E-state index contributed by atoms with van der Waals surface area (Å²) in [4.78, 5) is 0. The van der Waals surface area contributed by atoms with Crippen LogP contribution in [0.4, 0.5) is 0 Å². The molecule has 1 rings (SSSR count). The first-order chi connectivity index (χ1) is 7.69. The first-order valence-corrected chi connectivity index (χ1v) is 6.74. The van der Waals surface area contributed by atoms with Gasteiger partial charge in [0.1, 0.15) is 5.75 Å². The van der Waals surface area contributed by atoms with Crippen LogP contribution in [-0.2, 0) is 0 Å². The number of benzene rings is 1. The van der Waals surface area contributed by atoms with Gasteiger partial charge in [-0.15, -0.1) is 0 Å². The summed E-state index contributed by atoms with van der Waals surface area (Å²) in [5, 5.41) is 10.0. The monoisotopic (exact) mass is 240 g/mol. The molecule has 2 nitrogen and oxygen atoms in total. The molecule has 3 heteroatoms. The third-order valence-corrected chi connectivity index (χ3v) is 3.51. The molecule has 0 aliphatic carbocycles. The van der Waals surface area contributed by atoms with Crippen LogP contribution in [0.2, 0.25) is 0 Å². The van der Waals surface area contributed by atoms with Crippen LogP contribution >= 0.6 is 11.8 Å². The molecule has 0 heterocycles. The molecular formula is C13H20O2S. The second kappa shape index (κ2) is 6.81. The highest BCUT2D eigenvalue weighted by molar-refractivity contribution is 7.99. The van der Waals surface area contributed by atoms with Gasteiger partial charge < -0.3 is 9.84 Å². The van der Waals surface area contributed by atoms with Crippen molar-refractivity contribution in [2.24, 2.45) is 0 Å². The Hall–Kier alpha value is -0.670. The van der Waals surface area contributed by atoms with E-state index in [9.17, 15) is 5.11 Å². The van der Waals surface area contributed by atoms with Crippen LogP contribution in [0, 0.1) is 6.92 Å². The summed E-state index contributed by atoms with van der Waals surface area (Å²) in [6, 6.07) is 5.82. The SMILES string of the molecule is CCSCCC(O)c1ccc(OC)cc1C. The molecule has 0 bridgehead atoms. The van der Waals surface area contributed by atoms with Gasteiger partial charge in [-0.2, -0.15) is 11.8 Å². The van der Waals surface area contributed by atoms with Gasteiger partial charge in [0.15, 0.2) is 0 Å². The predicted molar refractivity (Wildman–Crippen MR) is 70.3 cm³/mol. The van der Waals surface area contributed by atoms with Gasteiger partial charge >= 0.3 is 0 Å². The van der Waals surface area contributed by atoms with Crippen LogP contribution in [0.3, 0.4) is 0 Å². The average Bonchev–Trinajstić information content (AvgIpc) is 2.29. The van der Waals surface area contributed by atoms with Crippen LogP contribution in [0.15, 0.2) is 18.2 Å². The van der Waals surface area contributed by atoms with E-state index in [1.165, 1.54) is 0 Å². The van der Waals surface area contributed by atoms with E-state index in [4.69, 9.17) is 4.74 Å². The number of hydrogen-bond donors (Lipinski definition) is 1. The quantitative estimate of drug-likeness (QED) is 0.774. The molecule has 0 aliphatic rings. The molecule has 16 heavy (non-hydrogen) atoms. The molecule has 1 atom stereocenters. The molecule has 0 saturated heterocycles. The Kier molecular flexibility index (Phi) is 5.71.